The van der Waals surface area contributed by atoms with Gasteiger partial charge in [0, 0.05) is 51.0 Å². The molecule has 1 saturated carbocycles. The summed E-state index contributed by atoms with van der Waals surface area (Å²) < 4.78 is 5.55. The lowest BCUT2D eigenvalue weighted by Gasteiger charge is -2.51. The zero-order valence-electron chi connectivity index (χ0n) is 19.4. The van der Waals surface area contributed by atoms with Gasteiger partial charge in [-0.3, -0.25) is 9.69 Å². The number of carbonyl (C=O) groups excluding carboxylic acids is 1. The summed E-state index contributed by atoms with van der Waals surface area (Å²) >= 11 is 0. The van der Waals surface area contributed by atoms with Crippen LogP contribution in [0.5, 0.6) is 0 Å². The molecule has 1 aromatic rings. The number of morpholine rings is 1. The molecule has 0 unspecified atom stereocenters. The number of piperidine rings is 1. The molecule has 0 bridgehead atoms. The molecule has 2 N–H and O–H groups in total. The molecule has 3 fully saturated rings. The zero-order valence-corrected chi connectivity index (χ0v) is 19.4. The first-order valence-corrected chi connectivity index (χ1v) is 12.2. The van der Waals surface area contributed by atoms with Crippen LogP contribution in [-0.2, 0) is 9.53 Å². The predicted molar refractivity (Wildman–Crippen MR) is 126 cm³/mol. The Morgan fingerprint density at radius 2 is 2.16 bits per heavy atom. The molecule has 3 aliphatic rings. The van der Waals surface area contributed by atoms with E-state index in [1.54, 1.807) is 0 Å². The van der Waals surface area contributed by atoms with Gasteiger partial charge in [0.15, 0.2) is 0 Å². The Hall–Kier alpha value is -1.63. The van der Waals surface area contributed by atoms with E-state index < -0.39 is 0 Å². The summed E-state index contributed by atoms with van der Waals surface area (Å²) in [5.74, 6) is 0.750. The van der Waals surface area contributed by atoms with Crippen LogP contribution < -0.4 is 15.5 Å². The molecule has 0 spiro atoms. The van der Waals surface area contributed by atoms with Gasteiger partial charge in [0.05, 0.1) is 18.6 Å². The van der Waals surface area contributed by atoms with E-state index in [0.29, 0.717) is 18.5 Å². The van der Waals surface area contributed by atoms with Gasteiger partial charge in [0.1, 0.15) is 0 Å². The summed E-state index contributed by atoms with van der Waals surface area (Å²) in [5, 5.41) is 6.87. The van der Waals surface area contributed by atoms with Crippen molar-refractivity contribution in [2.45, 2.75) is 45.6 Å². The molecule has 4 rings (SSSR count). The summed E-state index contributed by atoms with van der Waals surface area (Å²) in [6.45, 7) is 12.4. The molecule has 31 heavy (non-hydrogen) atoms. The molecular weight excluding hydrogens is 388 g/mol. The second-order valence-electron chi connectivity index (χ2n) is 9.57. The number of amides is 1. The van der Waals surface area contributed by atoms with Gasteiger partial charge in [-0.05, 0) is 69.7 Å². The lowest BCUT2D eigenvalue weighted by molar-refractivity contribution is -0.140. The maximum absolute atomic E-state index is 13.5. The number of carbonyl (C=O) groups is 1. The number of anilines is 1. The quantitative estimate of drug-likeness (QED) is 0.699. The van der Waals surface area contributed by atoms with E-state index in [0.717, 1.165) is 78.2 Å². The number of hydrogen-bond donors (Lipinski definition) is 2. The minimum atomic E-state index is -0.235. The number of rotatable bonds is 7. The van der Waals surface area contributed by atoms with Crippen molar-refractivity contribution in [3.05, 3.63) is 29.8 Å². The number of nitrogens with one attached hydrogen (secondary N) is 2. The molecule has 1 amide bonds. The van der Waals surface area contributed by atoms with Crippen molar-refractivity contribution in [3.8, 4) is 0 Å². The van der Waals surface area contributed by atoms with Crippen LogP contribution in [0, 0.1) is 18.3 Å². The van der Waals surface area contributed by atoms with E-state index in [1.807, 2.05) is 0 Å². The topological polar surface area (TPSA) is 56.8 Å². The second-order valence-corrected chi connectivity index (χ2v) is 9.57. The highest BCUT2D eigenvalue weighted by molar-refractivity contribution is 5.83. The van der Waals surface area contributed by atoms with Crippen molar-refractivity contribution < 1.29 is 9.53 Å². The van der Waals surface area contributed by atoms with Gasteiger partial charge >= 0.3 is 0 Å². The van der Waals surface area contributed by atoms with Crippen LogP contribution in [0.15, 0.2) is 24.3 Å². The molecule has 2 saturated heterocycles. The predicted octanol–water partition coefficient (Wildman–Crippen LogP) is 2.42. The van der Waals surface area contributed by atoms with Crippen molar-refractivity contribution in [3.63, 3.8) is 0 Å². The third-order valence-corrected chi connectivity index (χ3v) is 7.80. The normalized spacial score (nSPS) is 29.2. The third kappa shape index (κ3) is 5.07. The highest BCUT2D eigenvalue weighted by Gasteiger charge is 2.50. The highest BCUT2D eigenvalue weighted by atomic mass is 16.5. The molecule has 6 heteroatoms. The van der Waals surface area contributed by atoms with Crippen molar-refractivity contribution in [2.75, 3.05) is 63.9 Å². The first-order chi connectivity index (χ1) is 15.1. The van der Waals surface area contributed by atoms with Crippen molar-refractivity contribution in [1.82, 2.24) is 15.5 Å². The minimum Gasteiger partial charge on any atom is -0.379 e. The average Bonchev–Trinajstić information content (AvgIpc) is 2.82. The molecule has 0 aromatic heterocycles. The van der Waals surface area contributed by atoms with Gasteiger partial charge in [-0.2, -0.15) is 0 Å². The minimum absolute atomic E-state index is 0.235. The van der Waals surface area contributed by atoms with Gasteiger partial charge in [0.2, 0.25) is 5.91 Å². The molecule has 2 heterocycles. The Bertz CT molecular complexity index is 736. The Labute approximate surface area is 187 Å². The van der Waals surface area contributed by atoms with E-state index in [4.69, 9.17) is 4.74 Å². The monoisotopic (exact) mass is 428 g/mol. The van der Waals surface area contributed by atoms with Gasteiger partial charge < -0.3 is 20.3 Å². The van der Waals surface area contributed by atoms with Gasteiger partial charge in [-0.15, -0.1) is 0 Å². The maximum atomic E-state index is 13.5. The largest absolute Gasteiger partial charge is 0.379 e. The number of ether oxygens (including phenoxy) is 1. The van der Waals surface area contributed by atoms with Crippen LogP contribution in [-0.4, -0.2) is 75.9 Å². The average molecular weight is 429 g/mol. The molecule has 2 aliphatic heterocycles. The zero-order chi connectivity index (χ0) is 21.7. The van der Waals surface area contributed by atoms with Gasteiger partial charge in [0.25, 0.3) is 0 Å². The van der Waals surface area contributed by atoms with Crippen molar-refractivity contribution in [2.24, 2.45) is 11.3 Å². The van der Waals surface area contributed by atoms with Crippen molar-refractivity contribution >= 4 is 11.6 Å². The van der Waals surface area contributed by atoms with Gasteiger partial charge in [-0.1, -0.05) is 12.1 Å². The van der Waals surface area contributed by atoms with Crippen LogP contribution >= 0.6 is 0 Å². The van der Waals surface area contributed by atoms with E-state index in [-0.39, 0.29) is 11.3 Å². The summed E-state index contributed by atoms with van der Waals surface area (Å²) in [5.41, 5.74) is 2.27. The van der Waals surface area contributed by atoms with Crippen LogP contribution in [0.2, 0.25) is 0 Å². The lowest BCUT2D eigenvalue weighted by atomic mass is 9.61. The smallest absolute Gasteiger partial charge is 0.227 e. The first kappa shape index (κ1) is 22.6. The fourth-order valence-electron chi connectivity index (χ4n) is 5.94. The summed E-state index contributed by atoms with van der Waals surface area (Å²) in [4.78, 5) is 18.4. The SMILES string of the molecule is CCN(CCNC(=O)[C@@]12CC[C@H](N3CCOCC3)C[C@H]1CCNC2)c1cccc(C)c1. The summed E-state index contributed by atoms with van der Waals surface area (Å²) in [6, 6.07) is 9.23. The maximum Gasteiger partial charge on any atom is 0.227 e. The van der Waals surface area contributed by atoms with Crippen LogP contribution in [0.4, 0.5) is 5.69 Å². The third-order valence-electron chi connectivity index (χ3n) is 7.80. The Morgan fingerprint density at radius 1 is 1.32 bits per heavy atom. The second kappa shape index (κ2) is 10.3. The molecular formula is C25H40N4O2. The van der Waals surface area contributed by atoms with E-state index >= 15 is 0 Å². The van der Waals surface area contributed by atoms with E-state index in [1.165, 1.54) is 11.3 Å². The molecule has 1 aliphatic carbocycles. The standard InChI is InChI=1S/C25H40N4O2/c1-3-28(22-6-4-5-20(2)17-22)12-11-27-24(30)25-9-7-23(29-13-15-31-16-14-29)18-21(25)8-10-26-19-25/h4-6,17,21,23,26H,3,7-16,18-19H2,1-2H3,(H,27,30)/t21-,23+,25-/m1/s1. The molecule has 3 atom stereocenters. The Kier molecular flexibility index (Phi) is 7.51. The molecule has 172 valence electrons. The Morgan fingerprint density at radius 3 is 2.94 bits per heavy atom. The number of aryl methyl sites for hydroxylation is 1. The fraction of sp³-hybridized carbons (Fsp3) is 0.720. The van der Waals surface area contributed by atoms with E-state index in [9.17, 15) is 4.79 Å². The first-order valence-electron chi connectivity index (χ1n) is 12.2. The van der Waals surface area contributed by atoms with Crippen LogP contribution in [0.25, 0.3) is 0 Å². The number of hydrogen-bond acceptors (Lipinski definition) is 5. The van der Waals surface area contributed by atoms with Crippen LogP contribution in [0.3, 0.4) is 0 Å². The summed E-state index contributed by atoms with van der Waals surface area (Å²) in [7, 11) is 0. The molecule has 1 aromatic carbocycles. The summed E-state index contributed by atoms with van der Waals surface area (Å²) in [6.07, 6.45) is 4.38. The number of benzene rings is 1. The molecule has 0 radical (unpaired) electrons. The van der Waals surface area contributed by atoms with Gasteiger partial charge in [-0.25, -0.2) is 0 Å². The molecule has 6 nitrogen and oxygen atoms in total. The van der Waals surface area contributed by atoms with Crippen LogP contribution in [0.1, 0.15) is 38.2 Å². The van der Waals surface area contributed by atoms with E-state index in [2.05, 4.69) is 58.5 Å². The number of likely N-dealkylation sites (N-methyl/N-ethyl adjacent to an activating group) is 1. The van der Waals surface area contributed by atoms with Crippen molar-refractivity contribution in [1.29, 1.82) is 0 Å². The number of fused-ring (bicyclic) bond motifs is 1. The lowest BCUT2D eigenvalue weighted by Crippen LogP contribution is -2.60. The fourth-order valence-corrected chi connectivity index (χ4v) is 5.94. The highest BCUT2D eigenvalue weighted by Crippen LogP contribution is 2.46. The number of nitrogens with zero attached hydrogens (tertiary/aromatic N) is 2. The Balaban J connectivity index is 1.35.